The van der Waals surface area contributed by atoms with Gasteiger partial charge in [0.15, 0.2) is 0 Å². The lowest BCUT2D eigenvalue weighted by molar-refractivity contribution is -0.193. The van der Waals surface area contributed by atoms with E-state index in [2.05, 4.69) is 13.8 Å². The first-order chi connectivity index (χ1) is 6.07. The molecule has 1 aliphatic heterocycles. The van der Waals surface area contributed by atoms with Crippen molar-refractivity contribution >= 4 is 5.91 Å². The molecule has 1 fully saturated rings. The molecule has 0 aliphatic carbocycles. The monoisotopic (exact) mass is 185 g/mol. The van der Waals surface area contributed by atoms with Crippen molar-refractivity contribution in [2.75, 3.05) is 0 Å². The first kappa shape index (κ1) is 10.5. The zero-order valence-electron chi connectivity index (χ0n) is 8.66. The number of hydrogen-bond acceptors (Lipinski definition) is 2. The molecular weight excluding hydrogens is 166 g/mol. The maximum atomic E-state index is 11.4. The van der Waals surface area contributed by atoms with Gasteiger partial charge in [-0.3, -0.25) is 10.0 Å². The van der Waals surface area contributed by atoms with Crippen molar-refractivity contribution in [3.05, 3.63) is 0 Å². The highest BCUT2D eigenvalue weighted by Gasteiger charge is 2.34. The fraction of sp³-hybridized carbons (Fsp3) is 0.900. The predicted octanol–water partition coefficient (Wildman–Crippen LogP) is 2.05. The Bertz CT molecular complexity index is 193. The molecule has 3 atom stereocenters. The Morgan fingerprint density at radius 1 is 1.62 bits per heavy atom. The quantitative estimate of drug-likeness (QED) is 0.669. The Balaban J connectivity index is 2.64. The molecule has 1 amide bonds. The maximum absolute atomic E-state index is 11.4. The molecule has 1 saturated heterocycles. The Hall–Kier alpha value is -0.570. The molecule has 3 nitrogen and oxygen atoms in total. The van der Waals surface area contributed by atoms with Gasteiger partial charge < -0.3 is 0 Å². The van der Waals surface area contributed by atoms with E-state index >= 15 is 0 Å². The summed E-state index contributed by atoms with van der Waals surface area (Å²) >= 11 is 0. The third-order valence-electron chi connectivity index (χ3n) is 3.16. The Morgan fingerprint density at radius 2 is 2.23 bits per heavy atom. The third kappa shape index (κ3) is 2.02. The Kier molecular flexibility index (Phi) is 3.31. The molecule has 1 heterocycles. The minimum atomic E-state index is -0.114. The number of nitrogens with zero attached hydrogens (tertiary/aromatic N) is 1. The lowest BCUT2D eigenvalue weighted by atomic mass is 9.87. The zero-order chi connectivity index (χ0) is 10.0. The smallest absolute Gasteiger partial charge is 0.249 e. The third-order valence-corrected chi connectivity index (χ3v) is 3.16. The number of rotatable bonds is 2. The van der Waals surface area contributed by atoms with Gasteiger partial charge in [0.1, 0.15) is 0 Å². The van der Waals surface area contributed by atoms with Gasteiger partial charge in [0.05, 0.1) is 6.04 Å². The SMILES string of the molecule is CCC(C)C1CCC(C)C(=O)N1O. The van der Waals surface area contributed by atoms with E-state index < -0.39 is 0 Å². The molecule has 1 N–H and O–H groups in total. The first-order valence-corrected chi connectivity index (χ1v) is 5.09. The van der Waals surface area contributed by atoms with Crippen LogP contribution in [0.5, 0.6) is 0 Å². The summed E-state index contributed by atoms with van der Waals surface area (Å²) in [4.78, 5) is 11.4. The molecule has 0 saturated carbocycles. The van der Waals surface area contributed by atoms with Gasteiger partial charge in [-0.25, -0.2) is 5.06 Å². The van der Waals surface area contributed by atoms with E-state index in [4.69, 9.17) is 0 Å². The molecule has 0 bridgehead atoms. The van der Waals surface area contributed by atoms with E-state index in [9.17, 15) is 10.0 Å². The number of piperidine rings is 1. The van der Waals surface area contributed by atoms with Crippen LogP contribution in [-0.2, 0) is 4.79 Å². The standard InChI is InChI=1S/C10H19NO2/c1-4-7(2)9-6-5-8(3)10(12)11(9)13/h7-9,13H,4-6H2,1-3H3. The van der Waals surface area contributed by atoms with Gasteiger partial charge in [0.25, 0.3) is 0 Å². The molecule has 13 heavy (non-hydrogen) atoms. The summed E-state index contributed by atoms with van der Waals surface area (Å²) in [6.45, 7) is 6.04. The largest absolute Gasteiger partial charge is 0.286 e. The molecule has 0 aromatic heterocycles. The number of hydrogen-bond donors (Lipinski definition) is 1. The first-order valence-electron chi connectivity index (χ1n) is 5.09. The van der Waals surface area contributed by atoms with Crippen LogP contribution in [0.15, 0.2) is 0 Å². The van der Waals surface area contributed by atoms with Gasteiger partial charge in [-0.1, -0.05) is 27.2 Å². The summed E-state index contributed by atoms with van der Waals surface area (Å²) in [7, 11) is 0. The highest BCUT2D eigenvalue weighted by atomic mass is 16.5. The molecular formula is C10H19NO2. The minimum absolute atomic E-state index is 0.00898. The van der Waals surface area contributed by atoms with E-state index in [0.717, 1.165) is 24.3 Å². The van der Waals surface area contributed by atoms with Crippen LogP contribution in [0, 0.1) is 11.8 Å². The Labute approximate surface area is 79.7 Å². The van der Waals surface area contributed by atoms with E-state index in [0.29, 0.717) is 5.92 Å². The zero-order valence-corrected chi connectivity index (χ0v) is 8.66. The van der Waals surface area contributed by atoms with E-state index in [1.54, 1.807) is 0 Å². The normalized spacial score (nSPS) is 32.0. The summed E-state index contributed by atoms with van der Waals surface area (Å²) in [5, 5.41) is 10.6. The second-order valence-corrected chi connectivity index (χ2v) is 4.11. The molecule has 76 valence electrons. The predicted molar refractivity (Wildman–Crippen MR) is 50.3 cm³/mol. The summed E-state index contributed by atoms with van der Waals surface area (Å²) in [5.74, 6) is 0.267. The number of carbonyl (C=O) groups is 1. The van der Waals surface area contributed by atoms with Gasteiger partial charge in [-0.2, -0.15) is 0 Å². The van der Waals surface area contributed by atoms with E-state index in [-0.39, 0.29) is 17.9 Å². The highest BCUT2D eigenvalue weighted by molar-refractivity contribution is 5.78. The molecule has 1 rings (SSSR count). The van der Waals surface area contributed by atoms with Crippen molar-refractivity contribution in [1.82, 2.24) is 5.06 Å². The van der Waals surface area contributed by atoms with Crippen LogP contribution in [-0.4, -0.2) is 22.2 Å². The Morgan fingerprint density at radius 3 is 2.77 bits per heavy atom. The summed E-state index contributed by atoms with van der Waals surface area (Å²) < 4.78 is 0. The van der Waals surface area contributed by atoms with Crippen LogP contribution >= 0.6 is 0 Å². The van der Waals surface area contributed by atoms with Crippen LogP contribution < -0.4 is 0 Å². The van der Waals surface area contributed by atoms with Crippen molar-refractivity contribution in [3.8, 4) is 0 Å². The van der Waals surface area contributed by atoms with Crippen LogP contribution in [0.2, 0.25) is 0 Å². The molecule has 3 heteroatoms. The minimum Gasteiger partial charge on any atom is -0.286 e. The second kappa shape index (κ2) is 4.09. The van der Waals surface area contributed by atoms with Crippen LogP contribution in [0.1, 0.15) is 40.0 Å². The van der Waals surface area contributed by atoms with Gasteiger partial charge in [-0.05, 0) is 18.8 Å². The van der Waals surface area contributed by atoms with Crippen LogP contribution in [0.25, 0.3) is 0 Å². The maximum Gasteiger partial charge on any atom is 0.249 e. The highest BCUT2D eigenvalue weighted by Crippen LogP contribution is 2.27. The van der Waals surface area contributed by atoms with Crippen molar-refractivity contribution in [2.45, 2.75) is 46.1 Å². The van der Waals surface area contributed by atoms with Crippen molar-refractivity contribution in [2.24, 2.45) is 11.8 Å². The lowest BCUT2D eigenvalue weighted by Crippen LogP contribution is -2.47. The van der Waals surface area contributed by atoms with Crippen molar-refractivity contribution < 1.29 is 10.0 Å². The number of hydroxylamine groups is 2. The van der Waals surface area contributed by atoms with Crippen LogP contribution in [0.3, 0.4) is 0 Å². The second-order valence-electron chi connectivity index (χ2n) is 4.11. The average Bonchev–Trinajstić information content (AvgIpc) is 2.13. The molecule has 0 aromatic rings. The fourth-order valence-corrected chi connectivity index (χ4v) is 1.85. The summed E-state index contributed by atoms with van der Waals surface area (Å²) in [5.41, 5.74) is 0. The number of carbonyl (C=O) groups excluding carboxylic acids is 1. The van der Waals surface area contributed by atoms with Gasteiger partial charge in [-0.15, -0.1) is 0 Å². The summed E-state index contributed by atoms with van der Waals surface area (Å²) in [6, 6.07) is 0.0358. The average molecular weight is 185 g/mol. The number of amides is 1. The van der Waals surface area contributed by atoms with Crippen LogP contribution in [0.4, 0.5) is 0 Å². The molecule has 0 aromatic carbocycles. The lowest BCUT2D eigenvalue weighted by Gasteiger charge is -2.36. The molecule has 0 spiro atoms. The summed E-state index contributed by atoms with van der Waals surface area (Å²) in [6.07, 6.45) is 2.84. The van der Waals surface area contributed by atoms with Crippen molar-refractivity contribution in [1.29, 1.82) is 0 Å². The molecule has 3 unspecified atom stereocenters. The molecule has 1 aliphatic rings. The molecule has 0 radical (unpaired) electrons. The van der Waals surface area contributed by atoms with Crippen molar-refractivity contribution in [3.63, 3.8) is 0 Å². The van der Waals surface area contributed by atoms with Gasteiger partial charge >= 0.3 is 0 Å². The topological polar surface area (TPSA) is 40.5 Å². The van der Waals surface area contributed by atoms with Gasteiger partial charge in [0.2, 0.25) is 5.91 Å². The van der Waals surface area contributed by atoms with Gasteiger partial charge in [0, 0.05) is 5.92 Å². The van der Waals surface area contributed by atoms with E-state index in [1.165, 1.54) is 0 Å². The fourth-order valence-electron chi connectivity index (χ4n) is 1.85. The van der Waals surface area contributed by atoms with E-state index in [1.807, 2.05) is 6.92 Å².